The van der Waals surface area contributed by atoms with Gasteiger partial charge >= 0.3 is 6.18 Å². The van der Waals surface area contributed by atoms with Crippen LogP contribution in [0.15, 0.2) is 47.6 Å². The lowest BCUT2D eigenvalue weighted by Gasteiger charge is -2.29. The highest BCUT2D eigenvalue weighted by Crippen LogP contribution is 2.39. The summed E-state index contributed by atoms with van der Waals surface area (Å²) >= 11 is 5.66. The summed E-state index contributed by atoms with van der Waals surface area (Å²) in [6, 6.07) is 4.77. The van der Waals surface area contributed by atoms with Crippen molar-refractivity contribution < 1.29 is 21.6 Å². The zero-order valence-electron chi connectivity index (χ0n) is 11.7. The van der Waals surface area contributed by atoms with Crippen molar-refractivity contribution in [1.29, 1.82) is 0 Å². The Morgan fingerprint density at radius 2 is 1.78 bits per heavy atom. The Balaban J connectivity index is 2.50. The van der Waals surface area contributed by atoms with Crippen molar-refractivity contribution in [3.8, 4) is 0 Å². The second-order valence-corrected chi connectivity index (χ2v) is 6.96. The lowest BCUT2D eigenvalue weighted by molar-refractivity contribution is -0.171. The SMILES string of the molecule is CN([C@H](c1ccc(Cl)cc1)C(F)(F)F)S(=O)(=O)c1cccnn1. The van der Waals surface area contributed by atoms with E-state index in [0.29, 0.717) is 0 Å². The molecule has 0 aliphatic carbocycles. The zero-order valence-corrected chi connectivity index (χ0v) is 13.3. The van der Waals surface area contributed by atoms with Crippen LogP contribution < -0.4 is 0 Å². The minimum absolute atomic E-state index is 0.222. The van der Waals surface area contributed by atoms with Gasteiger partial charge in [0.1, 0.15) is 6.04 Å². The lowest BCUT2D eigenvalue weighted by atomic mass is 10.1. The fraction of sp³-hybridized carbons (Fsp3) is 0.231. The number of halogens is 4. The Morgan fingerprint density at radius 3 is 2.26 bits per heavy atom. The molecule has 1 aromatic heterocycles. The number of alkyl halides is 3. The van der Waals surface area contributed by atoms with Gasteiger partial charge in [0.2, 0.25) is 0 Å². The number of sulfonamides is 1. The van der Waals surface area contributed by atoms with Gasteiger partial charge in [-0.3, -0.25) is 0 Å². The third-order valence-corrected chi connectivity index (χ3v) is 5.02. The maximum absolute atomic E-state index is 13.4. The number of hydrogen-bond acceptors (Lipinski definition) is 4. The molecule has 124 valence electrons. The molecule has 0 aliphatic rings. The molecule has 0 aliphatic heterocycles. The van der Waals surface area contributed by atoms with E-state index in [4.69, 9.17) is 11.6 Å². The quantitative estimate of drug-likeness (QED) is 0.835. The Bertz CT molecular complexity index is 767. The molecule has 5 nitrogen and oxygen atoms in total. The highest BCUT2D eigenvalue weighted by Gasteiger charge is 2.48. The van der Waals surface area contributed by atoms with E-state index in [1.807, 2.05) is 0 Å². The van der Waals surface area contributed by atoms with Crippen molar-refractivity contribution in [2.45, 2.75) is 17.2 Å². The fourth-order valence-corrected chi connectivity index (χ4v) is 3.30. The molecule has 1 heterocycles. The van der Waals surface area contributed by atoms with Gasteiger partial charge in [-0.1, -0.05) is 23.7 Å². The van der Waals surface area contributed by atoms with Crippen LogP contribution >= 0.6 is 11.6 Å². The van der Waals surface area contributed by atoms with Gasteiger partial charge in [-0.05, 0) is 29.8 Å². The molecule has 0 saturated heterocycles. The lowest BCUT2D eigenvalue weighted by Crippen LogP contribution is -2.40. The van der Waals surface area contributed by atoms with Crippen LogP contribution in [0.5, 0.6) is 0 Å². The van der Waals surface area contributed by atoms with Crippen LogP contribution in [0, 0.1) is 0 Å². The molecule has 0 radical (unpaired) electrons. The van der Waals surface area contributed by atoms with Gasteiger partial charge in [0.15, 0.2) is 5.03 Å². The molecule has 2 rings (SSSR count). The second kappa shape index (κ2) is 6.42. The molecule has 0 unspecified atom stereocenters. The van der Waals surface area contributed by atoms with E-state index in [0.717, 1.165) is 25.2 Å². The second-order valence-electron chi connectivity index (χ2n) is 4.58. The van der Waals surface area contributed by atoms with Gasteiger partial charge in [0.25, 0.3) is 10.0 Å². The van der Waals surface area contributed by atoms with Crippen molar-refractivity contribution in [3.05, 3.63) is 53.2 Å². The number of aromatic nitrogens is 2. The zero-order chi connectivity index (χ0) is 17.3. The van der Waals surface area contributed by atoms with Crippen LogP contribution in [0.25, 0.3) is 0 Å². The van der Waals surface area contributed by atoms with Crippen molar-refractivity contribution in [2.24, 2.45) is 0 Å². The fourth-order valence-electron chi connectivity index (χ4n) is 1.96. The van der Waals surface area contributed by atoms with Crippen molar-refractivity contribution in [3.63, 3.8) is 0 Å². The third-order valence-electron chi connectivity index (χ3n) is 3.05. The van der Waals surface area contributed by atoms with E-state index in [2.05, 4.69) is 10.2 Å². The highest BCUT2D eigenvalue weighted by molar-refractivity contribution is 7.89. The summed E-state index contributed by atoms with van der Waals surface area (Å²) in [7, 11) is -3.63. The Hall–Kier alpha value is -1.71. The van der Waals surface area contributed by atoms with Crippen LogP contribution in [0.3, 0.4) is 0 Å². The predicted molar refractivity (Wildman–Crippen MR) is 77.2 cm³/mol. The molecule has 0 saturated carbocycles. The monoisotopic (exact) mass is 365 g/mol. The average molecular weight is 366 g/mol. The number of hydrogen-bond donors (Lipinski definition) is 0. The van der Waals surface area contributed by atoms with Crippen molar-refractivity contribution in [1.82, 2.24) is 14.5 Å². The summed E-state index contributed by atoms with van der Waals surface area (Å²) in [4.78, 5) is 0. The molecular formula is C13H11ClF3N3O2S. The first-order valence-corrected chi connectivity index (χ1v) is 8.04. The Kier molecular flexibility index (Phi) is 4.92. The summed E-state index contributed by atoms with van der Waals surface area (Å²) in [5, 5.41) is 6.44. The van der Waals surface area contributed by atoms with Gasteiger partial charge < -0.3 is 0 Å². The van der Waals surface area contributed by atoms with E-state index < -0.39 is 27.3 Å². The summed E-state index contributed by atoms with van der Waals surface area (Å²) in [5.41, 5.74) is -0.253. The first-order chi connectivity index (χ1) is 10.6. The molecule has 10 heteroatoms. The average Bonchev–Trinajstić information content (AvgIpc) is 2.49. The molecule has 0 N–H and O–H groups in total. The largest absolute Gasteiger partial charge is 0.409 e. The highest BCUT2D eigenvalue weighted by atomic mass is 35.5. The van der Waals surface area contributed by atoms with Gasteiger partial charge in [-0.15, -0.1) is 5.10 Å². The predicted octanol–water partition coefficient (Wildman–Crippen LogP) is 3.05. The van der Waals surface area contributed by atoms with Crippen molar-refractivity contribution in [2.75, 3.05) is 7.05 Å². The van der Waals surface area contributed by atoms with Gasteiger partial charge in [-0.25, -0.2) is 8.42 Å². The topological polar surface area (TPSA) is 63.2 Å². The normalized spacial score (nSPS) is 14.0. The van der Waals surface area contributed by atoms with Crippen LogP contribution in [-0.2, 0) is 10.0 Å². The number of benzene rings is 1. The molecule has 23 heavy (non-hydrogen) atoms. The summed E-state index contributed by atoms with van der Waals surface area (Å²) in [6.45, 7) is 0. The smallest absolute Gasteiger partial charge is 0.205 e. The van der Waals surface area contributed by atoms with E-state index in [9.17, 15) is 21.6 Å². The standard InChI is InChI=1S/C13H11ClF3N3O2S/c1-20(23(21,22)11-3-2-8-18-19-11)12(13(15,16)17)9-4-6-10(14)7-5-9/h2-8,12H,1H3/t12-/m1/s1. The molecular weight excluding hydrogens is 355 g/mol. The molecule has 1 aromatic carbocycles. The van der Waals surface area contributed by atoms with Gasteiger partial charge in [-0.2, -0.15) is 22.6 Å². The van der Waals surface area contributed by atoms with Crippen LogP contribution in [0.1, 0.15) is 11.6 Å². The Labute approximate surface area is 135 Å². The van der Waals surface area contributed by atoms with Gasteiger partial charge in [0.05, 0.1) is 0 Å². The summed E-state index contributed by atoms with van der Waals surface area (Å²) < 4.78 is 65.2. The molecule has 1 atom stereocenters. The number of nitrogens with zero attached hydrogens (tertiary/aromatic N) is 3. The molecule has 0 amide bonds. The first-order valence-electron chi connectivity index (χ1n) is 6.22. The van der Waals surface area contributed by atoms with Crippen LogP contribution in [0.4, 0.5) is 13.2 Å². The summed E-state index contributed by atoms with van der Waals surface area (Å²) in [5.74, 6) is 0. The number of rotatable bonds is 4. The molecule has 2 aromatic rings. The van der Waals surface area contributed by atoms with E-state index in [-0.39, 0.29) is 14.9 Å². The summed E-state index contributed by atoms with van der Waals surface area (Å²) in [6.07, 6.45) is -3.60. The maximum atomic E-state index is 13.4. The van der Waals surface area contributed by atoms with E-state index >= 15 is 0 Å². The van der Waals surface area contributed by atoms with Crippen LogP contribution in [0.2, 0.25) is 5.02 Å². The van der Waals surface area contributed by atoms with Gasteiger partial charge in [0, 0.05) is 18.3 Å². The third kappa shape index (κ3) is 3.80. The maximum Gasteiger partial charge on any atom is 0.409 e. The minimum atomic E-state index is -4.82. The minimum Gasteiger partial charge on any atom is -0.205 e. The first kappa shape index (κ1) is 17.6. The molecule has 0 spiro atoms. The molecule has 0 bridgehead atoms. The van der Waals surface area contributed by atoms with Crippen LogP contribution in [-0.4, -0.2) is 36.1 Å². The van der Waals surface area contributed by atoms with E-state index in [1.165, 1.54) is 24.4 Å². The van der Waals surface area contributed by atoms with E-state index in [1.54, 1.807) is 0 Å². The van der Waals surface area contributed by atoms with Crippen molar-refractivity contribution >= 4 is 21.6 Å². The molecule has 0 fully saturated rings. The Morgan fingerprint density at radius 1 is 1.17 bits per heavy atom.